The summed E-state index contributed by atoms with van der Waals surface area (Å²) in [5.41, 5.74) is 1.05. The first-order valence-electron chi connectivity index (χ1n) is 7.68. The van der Waals surface area contributed by atoms with Gasteiger partial charge in [0, 0.05) is 11.6 Å². The van der Waals surface area contributed by atoms with Crippen molar-refractivity contribution in [1.82, 2.24) is 4.98 Å². The van der Waals surface area contributed by atoms with Gasteiger partial charge in [-0.25, -0.2) is 4.79 Å². The molecule has 0 saturated heterocycles. The van der Waals surface area contributed by atoms with Crippen molar-refractivity contribution in [3.05, 3.63) is 58.3 Å². The number of rotatable bonds is 5. The van der Waals surface area contributed by atoms with E-state index in [1.54, 1.807) is 30.3 Å². The number of hydrogen-bond acceptors (Lipinski definition) is 4. The summed E-state index contributed by atoms with van der Waals surface area (Å²) in [6.07, 6.45) is 0.00890. The Bertz CT molecular complexity index is 958. The highest BCUT2D eigenvalue weighted by atomic mass is 16.6. The lowest BCUT2D eigenvalue weighted by molar-refractivity contribution is -0.383. The zero-order chi connectivity index (χ0) is 18.1. The summed E-state index contributed by atoms with van der Waals surface area (Å²) in [4.78, 5) is 25.3. The number of nitro benzene ring substituents is 1. The zero-order valence-electron chi connectivity index (χ0n) is 13.6. The first-order valence-corrected chi connectivity index (χ1v) is 7.68. The van der Waals surface area contributed by atoms with Crippen molar-refractivity contribution in [3.63, 3.8) is 0 Å². The van der Waals surface area contributed by atoms with Crippen LogP contribution in [0.5, 0.6) is 5.75 Å². The molecule has 0 bridgehead atoms. The Morgan fingerprint density at radius 1 is 1.20 bits per heavy atom. The van der Waals surface area contributed by atoms with Gasteiger partial charge < -0.3 is 14.8 Å². The fourth-order valence-corrected chi connectivity index (χ4v) is 2.80. The Hall–Kier alpha value is -3.35. The predicted molar refractivity (Wildman–Crippen MR) is 93.1 cm³/mol. The number of non-ortho nitro benzene ring substituents is 1. The van der Waals surface area contributed by atoms with Crippen molar-refractivity contribution in [2.24, 2.45) is 0 Å². The van der Waals surface area contributed by atoms with Crippen LogP contribution in [0.25, 0.3) is 22.0 Å². The second-order valence-electron chi connectivity index (χ2n) is 5.83. The number of carboxylic acids is 1. The summed E-state index contributed by atoms with van der Waals surface area (Å²) in [6, 6.07) is 11.3. The van der Waals surface area contributed by atoms with Gasteiger partial charge in [0.15, 0.2) is 0 Å². The molecule has 3 aromatic rings. The van der Waals surface area contributed by atoms with Crippen LogP contribution in [-0.4, -0.2) is 27.1 Å². The summed E-state index contributed by atoms with van der Waals surface area (Å²) in [6.45, 7) is 3.80. The van der Waals surface area contributed by atoms with Crippen molar-refractivity contribution in [2.75, 3.05) is 0 Å². The van der Waals surface area contributed by atoms with E-state index >= 15 is 0 Å². The number of aromatic nitrogens is 1. The van der Waals surface area contributed by atoms with Gasteiger partial charge in [0.05, 0.1) is 21.9 Å². The van der Waals surface area contributed by atoms with Crippen molar-refractivity contribution in [2.45, 2.75) is 20.0 Å². The molecule has 0 saturated carbocycles. The molecule has 0 aliphatic heterocycles. The number of nitro groups is 1. The normalized spacial score (nSPS) is 11.0. The van der Waals surface area contributed by atoms with E-state index < -0.39 is 10.9 Å². The van der Waals surface area contributed by atoms with Gasteiger partial charge in [-0.15, -0.1) is 0 Å². The van der Waals surface area contributed by atoms with Crippen molar-refractivity contribution >= 4 is 22.6 Å². The van der Waals surface area contributed by atoms with Crippen LogP contribution in [0.3, 0.4) is 0 Å². The number of benzene rings is 2. The fourth-order valence-electron chi connectivity index (χ4n) is 2.80. The van der Waals surface area contributed by atoms with Gasteiger partial charge in [-0.1, -0.05) is 18.2 Å². The van der Waals surface area contributed by atoms with Crippen LogP contribution in [-0.2, 0) is 0 Å². The molecule has 25 heavy (non-hydrogen) atoms. The first kappa shape index (κ1) is 16.5. The maximum atomic E-state index is 11.6. The van der Waals surface area contributed by atoms with Crippen LogP contribution in [0.4, 0.5) is 5.69 Å². The number of nitrogens with one attached hydrogen (secondary N) is 1. The molecule has 1 heterocycles. The van der Waals surface area contributed by atoms with E-state index in [1.807, 2.05) is 13.8 Å². The largest absolute Gasteiger partial charge is 0.491 e. The lowest BCUT2D eigenvalue weighted by atomic mass is 10.0. The lowest BCUT2D eigenvalue weighted by Crippen LogP contribution is -2.05. The summed E-state index contributed by atoms with van der Waals surface area (Å²) < 4.78 is 5.58. The molecule has 0 atom stereocenters. The molecule has 1 aromatic heterocycles. The van der Waals surface area contributed by atoms with Crippen molar-refractivity contribution < 1.29 is 19.6 Å². The highest BCUT2D eigenvalue weighted by molar-refractivity contribution is 6.10. The van der Waals surface area contributed by atoms with Gasteiger partial charge >= 0.3 is 5.97 Å². The lowest BCUT2D eigenvalue weighted by Gasteiger charge is -2.10. The number of carboxylic acid groups (broad SMARTS) is 1. The number of carbonyl (C=O) groups is 1. The van der Waals surface area contributed by atoms with Gasteiger partial charge in [0.1, 0.15) is 11.4 Å². The number of aromatic amines is 1. The quantitative estimate of drug-likeness (QED) is 0.534. The summed E-state index contributed by atoms with van der Waals surface area (Å²) >= 11 is 0. The van der Waals surface area contributed by atoms with E-state index in [0.717, 1.165) is 0 Å². The van der Waals surface area contributed by atoms with Gasteiger partial charge in [-0.05, 0) is 37.6 Å². The fraction of sp³-hybridized carbons (Fsp3) is 0.167. The number of nitrogens with zero attached hydrogens (tertiary/aromatic N) is 1. The average Bonchev–Trinajstić information content (AvgIpc) is 2.94. The van der Waals surface area contributed by atoms with Gasteiger partial charge in [0.25, 0.3) is 5.69 Å². The maximum absolute atomic E-state index is 11.6. The molecular weight excluding hydrogens is 324 g/mol. The molecule has 2 aromatic carbocycles. The molecule has 3 rings (SSSR count). The number of H-pyrrole nitrogens is 1. The van der Waals surface area contributed by atoms with E-state index in [-0.39, 0.29) is 22.9 Å². The topological polar surface area (TPSA) is 105 Å². The van der Waals surface area contributed by atoms with Crippen LogP contribution >= 0.6 is 0 Å². The summed E-state index contributed by atoms with van der Waals surface area (Å²) in [5.74, 6) is -0.534. The molecule has 0 radical (unpaired) electrons. The minimum absolute atomic E-state index is 0.00890. The summed E-state index contributed by atoms with van der Waals surface area (Å²) in [7, 11) is 0. The second kappa shape index (κ2) is 6.27. The Balaban J connectivity index is 2.24. The van der Waals surface area contributed by atoms with Crippen LogP contribution in [0.2, 0.25) is 0 Å². The van der Waals surface area contributed by atoms with Gasteiger partial charge in [0.2, 0.25) is 0 Å². The van der Waals surface area contributed by atoms with Gasteiger partial charge in [-0.3, -0.25) is 10.1 Å². The van der Waals surface area contributed by atoms with E-state index in [0.29, 0.717) is 22.4 Å². The van der Waals surface area contributed by atoms with E-state index in [2.05, 4.69) is 4.98 Å². The molecule has 0 unspecified atom stereocenters. The highest BCUT2D eigenvalue weighted by Gasteiger charge is 2.24. The molecule has 0 spiro atoms. The Morgan fingerprint density at radius 2 is 1.88 bits per heavy atom. The molecular formula is C18H16N2O5. The van der Waals surface area contributed by atoms with Crippen molar-refractivity contribution in [3.8, 4) is 16.9 Å². The molecule has 0 fully saturated rings. The minimum atomic E-state index is -1.18. The molecule has 2 N–H and O–H groups in total. The standard InChI is InChI=1S/C18H16N2O5/c1-10(2)25-12-8-6-11(7-9-12)15-16-13(19-17(15)18(21)22)4-3-5-14(16)20(23)24/h3-10,19H,1-2H3,(H,21,22). The average molecular weight is 340 g/mol. The molecule has 128 valence electrons. The number of hydrogen-bond donors (Lipinski definition) is 2. The Kier molecular flexibility index (Phi) is 4.14. The third-order valence-corrected chi connectivity index (χ3v) is 3.73. The number of ether oxygens (including phenoxy) is 1. The number of fused-ring (bicyclic) bond motifs is 1. The molecule has 0 aliphatic rings. The third kappa shape index (κ3) is 3.03. The minimum Gasteiger partial charge on any atom is -0.491 e. The van der Waals surface area contributed by atoms with E-state index in [4.69, 9.17) is 4.74 Å². The van der Waals surface area contributed by atoms with Crippen molar-refractivity contribution in [1.29, 1.82) is 0 Å². The monoisotopic (exact) mass is 340 g/mol. The van der Waals surface area contributed by atoms with Crippen LogP contribution in [0.1, 0.15) is 24.3 Å². The van der Waals surface area contributed by atoms with Crippen LogP contribution in [0, 0.1) is 10.1 Å². The van der Waals surface area contributed by atoms with E-state index in [1.165, 1.54) is 12.1 Å². The highest BCUT2D eigenvalue weighted by Crippen LogP contribution is 2.38. The molecule has 0 amide bonds. The second-order valence-corrected chi connectivity index (χ2v) is 5.83. The smallest absolute Gasteiger partial charge is 0.352 e. The molecule has 7 heteroatoms. The zero-order valence-corrected chi connectivity index (χ0v) is 13.6. The molecule has 0 aliphatic carbocycles. The maximum Gasteiger partial charge on any atom is 0.352 e. The van der Waals surface area contributed by atoms with E-state index in [9.17, 15) is 20.0 Å². The van der Waals surface area contributed by atoms with Gasteiger partial charge in [-0.2, -0.15) is 0 Å². The predicted octanol–water partition coefficient (Wildman–Crippen LogP) is 4.23. The Labute approximate surface area is 143 Å². The molecule has 7 nitrogen and oxygen atoms in total. The van der Waals surface area contributed by atoms with Crippen LogP contribution < -0.4 is 4.74 Å². The first-order chi connectivity index (χ1) is 11.9. The van der Waals surface area contributed by atoms with Crippen LogP contribution in [0.15, 0.2) is 42.5 Å². The Morgan fingerprint density at radius 3 is 2.44 bits per heavy atom. The third-order valence-electron chi connectivity index (χ3n) is 3.73. The summed E-state index contributed by atoms with van der Waals surface area (Å²) in [5, 5.41) is 21.2. The number of aromatic carboxylic acids is 1. The SMILES string of the molecule is CC(C)Oc1ccc(-c2c(C(=O)O)[nH]c3cccc([N+](=O)[O-])c23)cc1.